The fourth-order valence-corrected chi connectivity index (χ4v) is 1.52. The Morgan fingerprint density at radius 3 is 2.81 bits per heavy atom. The lowest BCUT2D eigenvalue weighted by atomic mass is 9.96. The molecule has 1 rings (SSSR count). The number of hydrogen-bond acceptors (Lipinski definition) is 3. The first-order chi connectivity index (χ1) is 7.56. The van der Waals surface area contributed by atoms with E-state index in [0.29, 0.717) is 29.3 Å². The van der Waals surface area contributed by atoms with Crippen molar-refractivity contribution in [3.63, 3.8) is 0 Å². The van der Waals surface area contributed by atoms with Crippen LogP contribution in [0.4, 0.5) is 5.69 Å². The van der Waals surface area contributed by atoms with Gasteiger partial charge in [0.15, 0.2) is 5.78 Å². The highest BCUT2D eigenvalue weighted by Crippen LogP contribution is 2.21. The van der Waals surface area contributed by atoms with E-state index < -0.39 is 0 Å². The molecule has 2 N–H and O–H groups in total. The fourth-order valence-electron chi connectivity index (χ4n) is 1.41. The summed E-state index contributed by atoms with van der Waals surface area (Å²) in [5, 5.41) is 0.473. The van der Waals surface area contributed by atoms with Gasteiger partial charge in [-0.25, -0.2) is 0 Å². The molecule has 1 aromatic carbocycles. The second-order valence-corrected chi connectivity index (χ2v) is 4.19. The van der Waals surface area contributed by atoms with Crippen molar-refractivity contribution in [1.29, 1.82) is 0 Å². The van der Waals surface area contributed by atoms with Gasteiger partial charge in [0.2, 0.25) is 0 Å². The van der Waals surface area contributed by atoms with Gasteiger partial charge >= 0.3 is 0 Å². The maximum atomic E-state index is 12.0. The SMILES string of the molecule is COCCC(C)C(=O)c1ccc(Cl)c(N)c1. The van der Waals surface area contributed by atoms with Crippen LogP contribution in [0.3, 0.4) is 0 Å². The molecule has 0 spiro atoms. The average Bonchev–Trinajstić information content (AvgIpc) is 2.28. The number of benzene rings is 1. The van der Waals surface area contributed by atoms with E-state index in [1.54, 1.807) is 25.3 Å². The number of ether oxygens (including phenoxy) is 1. The van der Waals surface area contributed by atoms with Crippen molar-refractivity contribution in [1.82, 2.24) is 0 Å². The zero-order valence-corrected chi connectivity index (χ0v) is 10.3. The summed E-state index contributed by atoms with van der Waals surface area (Å²) in [6.45, 7) is 2.46. The second-order valence-electron chi connectivity index (χ2n) is 3.78. The van der Waals surface area contributed by atoms with Crippen LogP contribution in [0, 0.1) is 5.92 Å². The van der Waals surface area contributed by atoms with Crippen LogP contribution in [-0.2, 0) is 4.74 Å². The molecule has 1 aromatic rings. The van der Waals surface area contributed by atoms with E-state index >= 15 is 0 Å². The molecule has 0 radical (unpaired) electrons. The van der Waals surface area contributed by atoms with Crippen LogP contribution >= 0.6 is 11.6 Å². The monoisotopic (exact) mass is 241 g/mol. The zero-order chi connectivity index (χ0) is 12.1. The summed E-state index contributed by atoms with van der Waals surface area (Å²) >= 11 is 5.79. The molecule has 0 amide bonds. The van der Waals surface area contributed by atoms with Crippen LogP contribution in [0.5, 0.6) is 0 Å². The predicted molar refractivity (Wildman–Crippen MR) is 65.9 cm³/mol. The molecule has 0 saturated heterocycles. The van der Waals surface area contributed by atoms with Gasteiger partial charge in [0.05, 0.1) is 10.7 Å². The number of hydrogen-bond donors (Lipinski definition) is 1. The lowest BCUT2D eigenvalue weighted by Crippen LogP contribution is -2.13. The van der Waals surface area contributed by atoms with Crippen LogP contribution in [0.1, 0.15) is 23.7 Å². The van der Waals surface area contributed by atoms with E-state index in [4.69, 9.17) is 22.1 Å². The van der Waals surface area contributed by atoms with E-state index in [1.165, 1.54) is 0 Å². The van der Waals surface area contributed by atoms with Crippen molar-refractivity contribution in [2.45, 2.75) is 13.3 Å². The van der Waals surface area contributed by atoms with Crippen molar-refractivity contribution in [3.05, 3.63) is 28.8 Å². The fraction of sp³-hybridized carbons (Fsp3) is 0.417. The Bertz CT molecular complexity index is 379. The molecular weight excluding hydrogens is 226 g/mol. The van der Waals surface area contributed by atoms with Gasteiger partial charge in [0.1, 0.15) is 0 Å². The molecule has 0 heterocycles. The summed E-state index contributed by atoms with van der Waals surface area (Å²) in [4.78, 5) is 12.0. The normalized spacial score (nSPS) is 12.4. The van der Waals surface area contributed by atoms with Gasteiger partial charge < -0.3 is 10.5 Å². The number of ketones is 1. The van der Waals surface area contributed by atoms with Gasteiger partial charge in [-0.1, -0.05) is 18.5 Å². The number of nitrogens with two attached hydrogens (primary N) is 1. The number of Topliss-reactive ketones (excluding diaryl/α,β-unsaturated/α-hetero) is 1. The van der Waals surface area contributed by atoms with E-state index in [0.717, 1.165) is 0 Å². The number of rotatable bonds is 5. The Hall–Kier alpha value is -1.06. The molecule has 1 unspecified atom stereocenters. The third-order valence-electron chi connectivity index (χ3n) is 2.48. The van der Waals surface area contributed by atoms with Gasteiger partial charge in [0.25, 0.3) is 0 Å². The highest BCUT2D eigenvalue weighted by molar-refractivity contribution is 6.33. The largest absolute Gasteiger partial charge is 0.398 e. The van der Waals surface area contributed by atoms with Crippen LogP contribution < -0.4 is 5.73 Å². The van der Waals surface area contributed by atoms with Crippen molar-refractivity contribution in [2.75, 3.05) is 19.5 Å². The molecule has 1 atom stereocenters. The lowest BCUT2D eigenvalue weighted by Gasteiger charge is -2.10. The quantitative estimate of drug-likeness (QED) is 0.637. The Kier molecular flexibility index (Phi) is 4.77. The summed E-state index contributed by atoms with van der Waals surface area (Å²) in [5.41, 5.74) is 6.69. The molecule has 4 heteroatoms. The number of methoxy groups -OCH3 is 1. The number of halogens is 1. The van der Waals surface area contributed by atoms with E-state index in [-0.39, 0.29) is 11.7 Å². The molecule has 0 aliphatic heterocycles. The highest BCUT2D eigenvalue weighted by atomic mass is 35.5. The second kappa shape index (κ2) is 5.87. The van der Waals surface area contributed by atoms with Crippen LogP contribution in [0.15, 0.2) is 18.2 Å². The molecule has 3 nitrogen and oxygen atoms in total. The van der Waals surface area contributed by atoms with Gasteiger partial charge in [0, 0.05) is 25.2 Å². The minimum atomic E-state index is -0.0690. The summed E-state index contributed by atoms with van der Waals surface area (Å²) < 4.78 is 4.94. The van der Waals surface area contributed by atoms with Crippen LogP contribution in [0.2, 0.25) is 5.02 Å². The Labute approximate surface area is 101 Å². The third kappa shape index (κ3) is 3.22. The molecule has 0 aromatic heterocycles. The lowest BCUT2D eigenvalue weighted by molar-refractivity contribution is 0.0894. The number of anilines is 1. The number of nitrogen functional groups attached to an aromatic ring is 1. The molecule has 0 saturated carbocycles. The van der Waals surface area contributed by atoms with Gasteiger partial charge in [-0.15, -0.1) is 0 Å². The molecule has 0 aliphatic rings. The Morgan fingerprint density at radius 1 is 1.56 bits per heavy atom. The molecule has 88 valence electrons. The summed E-state index contributed by atoms with van der Waals surface area (Å²) in [6, 6.07) is 4.96. The molecular formula is C12H16ClNO2. The van der Waals surface area contributed by atoms with Gasteiger partial charge in [-0.2, -0.15) is 0 Å². The highest BCUT2D eigenvalue weighted by Gasteiger charge is 2.15. The van der Waals surface area contributed by atoms with Gasteiger partial charge in [-0.3, -0.25) is 4.79 Å². The predicted octanol–water partition coefficient (Wildman–Crippen LogP) is 2.78. The van der Waals surface area contributed by atoms with Crippen LogP contribution in [0.25, 0.3) is 0 Å². The first-order valence-electron chi connectivity index (χ1n) is 5.14. The average molecular weight is 242 g/mol. The molecule has 0 fully saturated rings. The van der Waals surface area contributed by atoms with Crippen molar-refractivity contribution < 1.29 is 9.53 Å². The minimum absolute atomic E-state index is 0.0690. The minimum Gasteiger partial charge on any atom is -0.398 e. The zero-order valence-electron chi connectivity index (χ0n) is 9.50. The van der Waals surface area contributed by atoms with Gasteiger partial charge in [-0.05, 0) is 24.6 Å². The molecule has 0 aliphatic carbocycles. The number of carbonyl (C=O) groups excluding carboxylic acids is 1. The molecule has 0 bridgehead atoms. The smallest absolute Gasteiger partial charge is 0.165 e. The summed E-state index contributed by atoms with van der Waals surface area (Å²) in [5.74, 6) is 0.000872. The van der Waals surface area contributed by atoms with Crippen molar-refractivity contribution in [3.8, 4) is 0 Å². The van der Waals surface area contributed by atoms with E-state index in [1.807, 2.05) is 6.92 Å². The first-order valence-corrected chi connectivity index (χ1v) is 5.52. The van der Waals surface area contributed by atoms with E-state index in [9.17, 15) is 4.79 Å². The Balaban J connectivity index is 2.76. The maximum Gasteiger partial charge on any atom is 0.165 e. The standard InChI is InChI=1S/C12H16ClNO2/c1-8(5-6-16-2)12(15)9-3-4-10(13)11(14)7-9/h3-4,7-8H,5-6,14H2,1-2H3. The topological polar surface area (TPSA) is 52.3 Å². The molecule has 16 heavy (non-hydrogen) atoms. The van der Waals surface area contributed by atoms with Crippen molar-refractivity contribution in [2.24, 2.45) is 5.92 Å². The Morgan fingerprint density at radius 2 is 2.25 bits per heavy atom. The third-order valence-corrected chi connectivity index (χ3v) is 2.83. The summed E-state index contributed by atoms with van der Waals surface area (Å²) in [7, 11) is 1.62. The maximum absolute atomic E-state index is 12.0. The first kappa shape index (κ1) is 13.0. The summed E-state index contributed by atoms with van der Waals surface area (Å²) in [6.07, 6.45) is 0.706. The van der Waals surface area contributed by atoms with E-state index in [2.05, 4.69) is 0 Å². The number of carbonyl (C=O) groups is 1. The van der Waals surface area contributed by atoms with Crippen molar-refractivity contribution >= 4 is 23.1 Å². The van der Waals surface area contributed by atoms with Crippen LogP contribution in [-0.4, -0.2) is 19.5 Å².